The summed E-state index contributed by atoms with van der Waals surface area (Å²) in [6.45, 7) is 3.93. The van der Waals surface area contributed by atoms with Crippen LogP contribution in [0.3, 0.4) is 0 Å². The third-order valence-electron chi connectivity index (χ3n) is 4.04. The second-order valence-electron chi connectivity index (χ2n) is 6.12. The lowest BCUT2D eigenvalue weighted by Gasteiger charge is -2.15. The fraction of sp³-hybridized carbons (Fsp3) is 0.211. The number of benzene rings is 1. The van der Waals surface area contributed by atoms with Gasteiger partial charge in [-0.3, -0.25) is 9.97 Å². The minimum atomic E-state index is -3.60. The Morgan fingerprint density at radius 3 is 2.46 bits per heavy atom. The number of halogens is 1. The molecule has 7 nitrogen and oxygen atoms in total. The second kappa shape index (κ2) is 8.41. The van der Waals surface area contributed by atoms with Crippen molar-refractivity contribution < 1.29 is 12.8 Å². The van der Waals surface area contributed by atoms with Gasteiger partial charge in [-0.25, -0.2) is 22.5 Å². The van der Waals surface area contributed by atoms with Gasteiger partial charge in [0.05, 0.1) is 18.1 Å². The zero-order valence-corrected chi connectivity index (χ0v) is 16.2. The molecule has 0 saturated heterocycles. The van der Waals surface area contributed by atoms with E-state index in [2.05, 4.69) is 25.0 Å². The van der Waals surface area contributed by atoms with Crippen LogP contribution in [-0.2, 0) is 10.0 Å². The molecule has 0 saturated carbocycles. The quantitative estimate of drug-likeness (QED) is 0.631. The van der Waals surface area contributed by atoms with E-state index in [0.29, 0.717) is 23.6 Å². The summed E-state index contributed by atoms with van der Waals surface area (Å²) in [6.07, 6.45) is 5.92. The number of hydrogen-bond donors (Lipinski definition) is 2. The molecule has 146 valence electrons. The molecule has 0 spiro atoms. The predicted octanol–water partition coefficient (Wildman–Crippen LogP) is 3.15. The van der Waals surface area contributed by atoms with Gasteiger partial charge in [-0.2, -0.15) is 0 Å². The summed E-state index contributed by atoms with van der Waals surface area (Å²) in [5.41, 5.74) is 1.96. The molecule has 3 aromatic rings. The zero-order chi connectivity index (χ0) is 20.1. The fourth-order valence-electron chi connectivity index (χ4n) is 2.59. The third-order valence-corrected chi connectivity index (χ3v) is 5.55. The average molecular weight is 401 g/mol. The Labute approximate surface area is 163 Å². The maximum absolute atomic E-state index is 13.0. The summed E-state index contributed by atoms with van der Waals surface area (Å²) in [7, 11) is -3.60. The summed E-state index contributed by atoms with van der Waals surface area (Å²) >= 11 is 0. The van der Waals surface area contributed by atoms with E-state index in [4.69, 9.17) is 0 Å². The zero-order valence-electron chi connectivity index (χ0n) is 15.4. The Morgan fingerprint density at radius 2 is 1.82 bits per heavy atom. The molecular weight excluding hydrogens is 381 g/mol. The Hall–Kier alpha value is -2.91. The van der Waals surface area contributed by atoms with Gasteiger partial charge in [0.15, 0.2) is 0 Å². The van der Waals surface area contributed by atoms with Gasteiger partial charge in [0.25, 0.3) is 0 Å². The number of anilines is 1. The Kier molecular flexibility index (Phi) is 5.96. The highest BCUT2D eigenvalue weighted by molar-refractivity contribution is 7.89. The number of nitrogens with zero attached hydrogens (tertiary/aromatic N) is 3. The number of aromatic nitrogens is 3. The molecule has 9 heteroatoms. The predicted molar refractivity (Wildman–Crippen MR) is 105 cm³/mol. The van der Waals surface area contributed by atoms with E-state index in [9.17, 15) is 12.8 Å². The first-order valence-corrected chi connectivity index (χ1v) is 10.2. The van der Waals surface area contributed by atoms with Gasteiger partial charge in [0.2, 0.25) is 10.0 Å². The van der Waals surface area contributed by atoms with Crippen molar-refractivity contribution in [2.45, 2.75) is 24.8 Å². The van der Waals surface area contributed by atoms with Crippen molar-refractivity contribution in [3.05, 3.63) is 66.5 Å². The molecule has 2 heterocycles. The molecule has 28 heavy (non-hydrogen) atoms. The molecule has 3 rings (SSSR count). The summed E-state index contributed by atoms with van der Waals surface area (Å²) in [6, 6.07) is 7.64. The lowest BCUT2D eigenvalue weighted by atomic mass is 10.1. The summed E-state index contributed by atoms with van der Waals surface area (Å²) in [4.78, 5) is 12.7. The van der Waals surface area contributed by atoms with Gasteiger partial charge in [0, 0.05) is 30.5 Å². The van der Waals surface area contributed by atoms with E-state index in [1.807, 2.05) is 6.92 Å². The van der Waals surface area contributed by atoms with Crippen LogP contribution in [0.1, 0.15) is 25.5 Å². The molecule has 0 aliphatic rings. The Morgan fingerprint density at radius 1 is 1.07 bits per heavy atom. The fourth-order valence-corrected chi connectivity index (χ4v) is 3.62. The van der Waals surface area contributed by atoms with Crippen molar-refractivity contribution in [1.82, 2.24) is 19.7 Å². The van der Waals surface area contributed by atoms with E-state index in [0.717, 1.165) is 5.56 Å². The minimum absolute atomic E-state index is 0.0702. The van der Waals surface area contributed by atoms with E-state index >= 15 is 0 Å². The first-order valence-electron chi connectivity index (χ1n) is 8.68. The van der Waals surface area contributed by atoms with Crippen LogP contribution >= 0.6 is 0 Å². The maximum atomic E-state index is 13.0. The Balaban J connectivity index is 1.76. The van der Waals surface area contributed by atoms with Crippen molar-refractivity contribution >= 4 is 15.8 Å². The molecular formula is C19H20FN5O2S. The topological polar surface area (TPSA) is 96.9 Å². The van der Waals surface area contributed by atoms with E-state index < -0.39 is 10.0 Å². The summed E-state index contributed by atoms with van der Waals surface area (Å²) < 4.78 is 39.7. The van der Waals surface area contributed by atoms with Crippen molar-refractivity contribution in [3.8, 4) is 11.3 Å². The van der Waals surface area contributed by atoms with Crippen molar-refractivity contribution in [2.24, 2.45) is 0 Å². The first kappa shape index (κ1) is 19.8. The molecule has 2 N–H and O–H groups in total. The highest BCUT2D eigenvalue weighted by Gasteiger charge is 2.15. The van der Waals surface area contributed by atoms with Crippen molar-refractivity contribution in [2.75, 3.05) is 11.9 Å². The van der Waals surface area contributed by atoms with E-state index in [1.165, 1.54) is 30.6 Å². The molecule has 1 aromatic carbocycles. The molecule has 0 amide bonds. The van der Waals surface area contributed by atoms with Gasteiger partial charge in [-0.1, -0.05) is 19.1 Å². The molecule has 2 aromatic heterocycles. The van der Waals surface area contributed by atoms with Gasteiger partial charge >= 0.3 is 0 Å². The number of nitrogens with one attached hydrogen (secondary N) is 2. The standard InChI is InChI=1S/C19H20FN5O2S/c1-3-24-28(26,27)17-8-15(9-21-10-17)18-11-23-19(12-22-18)25-13(2)14-4-6-16(20)7-5-14/h4-13,24H,3H2,1-2H3,(H,23,25). The van der Waals surface area contributed by atoms with Gasteiger partial charge < -0.3 is 5.32 Å². The SMILES string of the molecule is CCNS(=O)(=O)c1cncc(-c2cnc(NC(C)c3ccc(F)cc3)cn2)c1. The van der Waals surface area contributed by atoms with Crippen LogP contribution < -0.4 is 10.0 Å². The number of pyridine rings is 1. The highest BCUT2D eigenvalue weighted by Crippen LogP contribution is 2.21. The lowest BCUT2D eigenvalue weighted by Crippen LogP contribution is -2.23. The molecule has 0 bridgehead atoms. The molecule has 1 unspecified atom stereocenters. The van der Waals surface area contributed by atoms with Crippen LogP contribution in [0, 0.1) is 5.82 Å². The largest absolute Gasteiger partial charge is 0.362 e. The molecule has 0 radical (unpaired) electrons. The number of hydrogen-bond acceptors (Lipinski definition) is 6. The van der Waals surface area contributed by atoms with Crippen LogP contribution in [0.2, 0.25) is 0 Å². The average Bonchev–Trinajstić information content (AvgIpc) is 2.69. The monoisotopic (exact) mass is 401 g/mol. The number of rotatable bonds is 7. The van der Waals surface area contributed by atoms with Crippen molar-refractivity contribution in [1.29, 1.82) is 0 Å². The lowest BCUT2D eigenvalue weighted by molar-refractivity contribution is 0.583. The highest BCUT2D eigenvalue weighted by atomic mass is 32.2. The van der Waals surface area contributed by atoms with Gasteiger partial charge in [0.1, 0.15) is 16.5 Å². The van der Waals surface area contributed by atoms with Crippen LogP contribution in [-0.4, -0.2) is 29.9 Å². The van der Waals surface area contributed by atoms with Crippen LogP contribution in [0.4, 0.5) is 10.2 Å². The molecule has 0 aliphatic carbocycles. The third kappa shape index (κ3) is 4.68. The number of sulfonamides is 1. The minimum Gasteiger partial charge on any atom is -0.362 e. The molecule has 0 aliphatic heterocycles. The normalized spacial score (nSPS) is 12.5. The second-order valence-corrected chi connectivity index (χ2v) is 7.88. The molecule has 0 fully saturated rings. The van der Waals surface area contributed by atoms with Crippen LogP contribution in [0.15, 0.2) is 60.0 Å². The summed E-state index contributed by atoms with van der Waals surface area (Å²) in [5, 5.41) is 3.19. The van der Waals surface area contributed by atoms with Crippen LogP contribution in [0.25, 0.3) is 11.3 Å². The Bertz CT molecular complexity index is 1040. The molecule has 1 atom stereocenters. The van der Waals surface area contributed by atoms with Crippen molar-refractivity contribution in [3.63, 3.8) is 0 Å². The van der Waals surface area contributed by atoms with Gasteiger partial charge in [-0.05, 0) is 30.7 Å². The summed E-state index contributed by atoms with van der Waals surface area (Å²) in [5.74, 6) is 0.261. The van der Waals surface area contributed by atoms with Gasteiger partial charge in [-0.15, -0.1) is 0 Å². The van der Waals surface area contributed by atoms with E-state index in [-0.39, 0.29) is 16.8 Å². The van der Waals surface area contributed by atoms with E-state index in [1.54, 1.807) is 31.5 Å². The first-order chi connectivity index (χ1) is 13.4. The maximum Gasteiger partial charge on any atom is 0.242 e. The smallest absolute Gasteiger partial charge is 0.242 e. The van der Waals surface area contributed by atoms with Crippen LogP contribution in [0.5, 0.6) is 0 Å².